The molecule has 1 amide bonds. The Bertz CT molecular complexity index is 861. The summed E-state index contributed by atoms with van der Waals surface area (Å²) in [5, 5.41) is 2.75. The second kappa shape index (κ2) is 7.02. The molecule has 0 heterocycles. The third-order valence-electron chi connectivity index (χ3n) is 3.59. The van der Waals surface area contributed by atoms with E-state index >= 15 is 0 Å². The van der Waals surface area contributed by atoms with Crippen molar-refractivity contribution in [2.75, 3.05) is 26.5 Å². The lowest BCUT2D eigenvalue weighted by molar-refractivity contribution is 0.102. The Balaban J connectivity index is 2.38. The predicted octanol–water partition coefficient (Wildman–Crippen LogP) is 2.51. The number of benzene rings is 2. The number of carbonyl (C=O) groups excluding carboxylic acids is 1. The highest BCUT2D eigenvalue weighted by Gasteiger charge is 2.19. The van der Waals surface area contributed by atoms with Crippen molar-refractivity contribution in [3.8, 4) is 5.75 Å². The quantitative estimate of drug-likeness (QED) is 0.901. The molecule has 0 bridgehead atoms. The molecule has 7 heteroatoms. The Morgan fingerprint density at radius 3 is 2.42 bits per heavy atom. The summed E-state index contributed by atoms with van der Waals surface area (Å²) in [6, 6.07) is 11.5. The van der Waals surface area contributed by atoms with Crippen LogP contribution in [-0.2, 0) is 10.0 Å². The second-order valence-electron chi connectivity index (χ2n) is 5.42. The van der Waals surface area contributed by atoms with Gasteiger partial charge in [-0.25, -0.2) is 12.7 Å². The van der Waals surface area contributed by atoms with Crippen molar-refractivity contribution in [2.24, 2.45) is 0 Å². The van der Waals surface area contributed by atoms with Crippen LogP contribution in [-0.4, -0.2) is 39.8 Å². The van der Waals surface area contributed by atoms with Crippen molar-refractivity contribution in [2.45, 2.75) is 11.8 Å². The highest BCUT2D eigenvalue weighted by atomic mass is 32.2. The zero-order valence-corrected chi connectivity index (χ0v) is 14.8. The van der Waals surface area contributed by atoms with Gasteiger partial charge in [0.25, 0.3) is 5.91 Å². The number of methoxy groups -OCH3 is 1. The van der Waals surface area contributed by atoms with Gasteiger partial charge in [0.2, 0.25) is 10.0 Å². The molecule has 0 fully saturated rings. The molecule has 1 N–H and O–H groups in total. The van der Waals surface area contributed by atoms with E-state index in [0.29, 0.717) is 17.0 Å². The molecule has 128 valence electrons. The third-order valence-corrected chi connectivity index (χ3v) is 5.40. The van der Waals surface area contributed by atoms with E-state index in [4.69, 9.17) is 4.74 Å². The van der Waals surface area contributed by atoms with E-state index in [1.54, 1.807) is 37.3 Å². The van der Waals surface area contributed by atoms with Crippen LogP contribution in [0.15, 0.2) is 47.4 Å². The van der Waals surface area contributed by atoms with Crippen molar-refractivity contribution in [1.29, 1.82) is 0 Å². The summed E-state index contributed by atoms with van der Waals surface area (Å²) in [6.45, 7) is 1.80. The van der Waals surface area contributed by atoms with E-state index in [2.05, 4.69) is 5.32 Å². The fourth-order valence-electron chi connectivity index (χ4n) is 2.13. The summed E-state index contributed by atoms with van der Waals surface area (Å²) >= 11 is 0. The van der Waals surface area contributed by atoms with Crippen LogP contribution in [0.2, 0.25) is 0 Å². The molecule has 0 saturated heterocycles. The number of para-hydroxylation sites is 1. The fraction of sp³-hybridized carbons (Fsp3) is 0.235. The summed E-state index contributed by atoms with van der Waals surface area (Å²) < 4.78 is 30.8. The molecule has 0 unspecified atom stereocenters. The molecule has 0 aliphatic rings. The van der Waals surface area contributed by atoms with Crippen molar-refractivity contribution in [3.63, 3.8) is 0 Å². The van der Waals surface area contributed by atoms with Crippen LogP contribution in [0.5, 0.6) is 5.75 Å². The van der Waals surface area contributed by atoms with Gasteiger partial charge in [-0.05, 0) is 36.8 Å². The molecule has 0 radical (unpaired) electrons. The molecule has 6 nitrogen and oxygen atoms in total. The number of rotatable bonds is 5. The molecular weight excluding hydrogens is 328 g/mol. The fourth-order valence-corrected chi connectivity index (χ4v) is 3.06. The molecule has 2 aromatic rings. The van der Waals surface area contributed by atoms with Gasteiger partial charge in [0.05, 0.1) is 17.6 Å². The van der Waals surface area contributed by atoms with Crippen LogP contribution >= 0.6 is 0 Å². The summed E-state index contributed by atoms with van der Waals surface area (Å²) in [4.78, 5) is 12.6. The van der Waals surface area contributed by atoms with E-state index in [1.165, 1.54) is 33.3 Å². The van der Waals surface area contributed by atoms with Crippen LogP contribution < -0.4 is 10.1 Å². The average Bonchev–Trinajstić information content (AvgIpc) is 2.56. The number of aryl methyl sites for hydroxylation is 1. The highest BCUT2D eigenvalue weighted by molar-refractivity contribution is 7.89. The van der Waals surface area contributed by atoms with E-state index in [-0.39, 0.29) is 10.8 Å². The Morgan fingerprint density at radius 1 is 1.12 bits per heavy atom. The molecule has 24 heavy (non-hydrogen) atoms. The van der Waals surface area contributed by atoms with E-state index in [1.807, 2.05) is 0 Å². The minimum absolute atomic E-state index is 0.119. The van der Waals surface area contributed by atoms with Crippen molar-refractivity contribution < 1.29 is 17.9 Å². The number of carbonyl (C=O) groups is 1. The molecule has 0 aliphatic carbocycles. The van der Waals surface area contributed by atoms with Gasteiger partial charge in [-0.1, -0.05) is 18.2 Å². The first-order valence-electron chi connectivity index (χ1n) is 7.25. The van der Waals surface area contributed by atoms with Crippen LogP contribution in [0.25, 0.3) is 0 Å². The smallest absolute Gasteiger partial charge is 0.259 e. The van der Waals surface area contributed by atoms with Gasteiger partial charge in [-0.15, -0.1) is 0 Å². The van der Waals surface area contributed by atoms with Crippen molar-refractivity contribution in [3.05, 3.63) is 53.6 Å². The molecule has 2 rings (SSSR count). The van der Waals surface area contributed by atoms with Crippen LogP contribution in [0, 0.1) is 6.92 Å². The maximum absolute atomic E-state index is 12.5. The van der Waals surface area contributed by atoms with Gasteiger partial charge in [0, 0.05) is 19.8 Å². The molecule has 0 aliphatic heterocycles. The number of hydrogen-bond donors (Lipinski definition) is 1. The van der Waals surface area contributed by atoms with Crippen LogP contribution in [0.4, 0.5) is 5.69 Å². The van der Waals surface area contributed by atoms with E-state index in [0.717, 1.165) is 9.87 Å². The van der Waals surface area contributed by atoms with E-state index in [9.17, 15) is 13.2 Å². The Labute approximate surface area is 142 Å². The second-order valence-corrected chi connectivity index (χ2v) is 7.57. The largest absolute Gasteiger partial charge is 0.496 e. The maximum atomic E-state index is 12.5. The summed E-state index contributed by atoms with van der Waals surface area (Å²) in [7, 11) is 0.837. The Hall–Kier alpha value is -2.38. The molecule has 2 aromatic carbocycles. The third kappa shape index (κ3) is 3.58. The number of ether oxygens (including phenoxy) is 1. The molecular formula is C17H20N2O4S. The summed E-state index contributed by atoms with van der Waals surface area (Å²) in [6.07, 6.45) is 0. The monoisotopic (exact) mass is 348 g/mol. The van der Waals surface area contributed by atoms with Gasteiger partial charge >= 0.3 is 0 Å². The molecule has 0 saturated carbocycles. The topological polar surface area (TPSA) is 75.7 Å². The summed E-state index contributed by atoms with van der Waals surface area (Å²) in [5.41, 5.74) is 1.57. The number of amides is 1. The normalized spacial score (nSPS) is 11.4. The van der Waals surface area contributed by atoms with Crippen molar-refractivity contribution in [1.82, 2.24) is 4.31 Å². The van der Waals surface area contributed by atoms with Gasteiger partial charge in [-0.2, -0.15) is 0 Å². The number of nitrogens with zero attached hydrogens (tertiary/aromatic N) is 1. The first kappa shape index (κ1) is 18.0. The average molecular weight is 348 g/mol. The van der Waals surface area contributed by atoms with Gasteiger partial charge in [0.15, 0.2) is 0 Å². The minimum atomic E-state index is -3.57. The van der Waals surface area contributed by atoms with Crippen LogP contribution in [0.1, 0.15) is 15.9 Å². The van der Waals surface area contributed by atoms with Gasteiger partial charge in [0.1, 0.15) is 5.75 Å². The lowest BCUT2D eigenvalue weighted by Gasteiger charge is -2.15. The predicted molar refractivity (Wildman–Crippen MR) is 93.0 cm³/mol. The van der Waals surface area contributed by atoms with Gasteiger partial charge < -0.3 is 10.1 Å². The number of hydrogen-bond acceptors (Lipinski definition) is 4. The van der Waals surface area contributed by atoms with Crippen LogP contribution in [0.3, 0.4) is 0 Å². The Kier molecular flexibility index (Phi) is 5.26. The maximum Gasteiger partial charge on any atom is 0.259 e. The zero-order chi connectivity index (χ0) is 17.9. The van der Waals surface area contributed by atoms with Crippen molar-refractivity contribution >= 4 is 21.6 Å². The lowest BCUT2D eigenvalue weighted by atomic mass is 10.1. The molecule has 0 spiro atoms. The molecule has 0 atom stereocenters. The first-order chi connectivity index (χ1) is 11.3. The minimum Gasteiger partial charge on any atom is -0.496 e. The highest BCUT2D eigenvalue weighted by Crippen LogP contribution is 2.24. The van der Waals surface area contributed by atoms with E-state index < -0.39 is 10.0 Å². The first-order valence-corrected chi connectivity index (χ1v) is 8.69. The molecule has 0 aromatic heterocycles. The van der Waals surface area contributed by atoms with Gasteiger partial charge in [-0.3, -0.25) is 4.79 Å². The number of nitrogens with one attached hydrogen (secondary N) is 1. The number of anilines is 1. The lowest BCUT2D eigenvalue weighted by Crippen LogP contribution is -2.22. The SMILES string of the molecule is COc1ccccc1C(=O)Nc1cc(S(=O)(=O)N(C)C)ccc1C. The Morgan fingerprint density at radius 2 is 1.79 bits per heavy atom. The number of sulfonamides is 1. The zero-order valence-electron chi connectivity index (χ0n) is 14.0. The summed E-state index contributed by atoms with van der Waals surface area (Å²) in [5.74, 6) is 0.0830. The standard InChI is InChI=1S/C17H20N2O4S/c1-12-9-10-13(24(21,22)19(2)3)11-15(12)18-17(20)14-7-5-6-8-16(14)23-4/h5-11H,1-4H3,(H,18,20).